The number of carbonyl (C=O) groups is 1. The summed E-state index contributed by atoms with van der Waals surface area (Å²) in [5, 5.41) is 10.9. The predicted molar refractivity (Wildman–Crippen MR) is 112 cm³/mol. The second kappa shape index (κ2) is 7.99. The molecule has 4 rings (SSSR count). The van der Waals surface area contributed by atoms with Gasteiger partial charge in [-0.2, -0.15) is 0 Å². The highest BCUT2D eigenvalue weighted by molar-refractivity contribution is 5.78. The Bertz CT molecular complexity index is 1010. The van der Waals surface area contributed by atoms with Gasteiger partial charge in [-0.25, -0.2) is 9.97 Å². The monoisotopic (exact) mass is 395 g/mol. The Kier molecular flexibility index (Phi) is 5.41. The second-order valence-electron chi connectivity index (χ2n) is 7.85. The zero-order chi connectivity index (χ0) is 20.5. The minimum absolute atomic E-state index is 0.0259. The number of aryl methyl sites for hydroxylation is 3. The highest BCUT2D eigenvalue weighted by atomic mass is 16.3. The summed E-state index contributed by atoms with van der Waals surface area (Å²) in [6.45, 7) is 4.86. The summed E-state index contributed by atoms with van der Waals surface area (Å²) < 4.78 is 4.19. The van der Waals surface area contributed by atoms with Crippen LogP contribution in [0.3, 0.4) is 0 Å². The maximum atomic E-state index is 12.9. The fourth-order valence-corrected chi connectivity index (χ4v) is 4.65. The van der Waals surface area contributed by atoms with Crippen molar-refractivity contribution in [1.29, 1.82) is 0 Å². The van der Waals surface area contributed by atoms with Crippen molar-refractivity contribution < 1.29 is 9.90 Å². The first-order chi connectivity index (χ1) is 14.0. The molecule has 29 heavy (non-hydrogen) atoms. The van der Waals surface area contributed by atoms with Gasteiger partial charge in [0.2, 0.25) is 5.91 Å². The average Bonchev–Trinajstić information content (AvgIpc) is 3.41. The Labute approximate surface area is 171 Å². The molecule has 1 saturated carbocycles. The fourth-order valence-electron chi connectivity index (χ4n) is 4.65. The normalized spacial score (nSPS) is 21.7. The third-order valence-corrected chi connectivity index (χ3v) is 6.27. The number of amides is 1. The lowest BCUT2D eigenvalue weighted by Crippen LogP contribution is -2.43. The SMILES string of the molecule is CCn1c(CCC(=O)N(C)[C@@H]2CC[C@@H](n3ccnc3C)[C@@H]2O)nc2ccccc21. The van der Waals surface area contributed by atoms with Crippen LogP contribution in [0.15, 0.2) is 36.7 Å². The van der Waals surface area contributed by atoms with Crippen LogP contribution in [0.5, 0.6) is 0 Å². The van der Waals surface area contributed by atoms with Gasteiger partial charge in [-0.1, -0.05) is 12.1 Å². The maximum absolute atomic E-state index is 12.9. The number of rotatable bonds is 6. The molecule has 7 heteroatoms. The van der Waals surface area contributed by atoms with E-state index in [9.17, 15) is 9.90 Å². The Morgan fingerprint density at radius 3 is 2.83 bits per heavy atom. The number of hydrogen-bond acceptors (Lipinski definition) is 4. The molecule has 1 aliphatic rings. The molecule has 1 amide bonds. The van der Waals surface area contributed by atoms with Crippen LogP contribution in [-0.2, 0) is 17.8 Å². The minimum atomic E-state index is -0.586. The van der Waals surface area contributed by atoms with E-state index in [1.54, 1.807) is 11.1 Å². The third-order valence-electron chi connectivity index (χ3n) is 6.27. The van der Waals surface area contributed by atoms with E-state index in [4.69, 9.17) is 4.98 Å². The zero-order valence-corrected chi connectivity index (χ0v) is 17.3. The molecule has 154 valence electrons. The zero-order valence-electron chi connectivity index (χ0n) is 17.3. The van der Waals surface area contributed by atoms with Crippen LogP contribution in [-0.4, -0.2) is 54.2 Å². The van der Waals surface area contributed by atoms with E-state index in [0.717, 1.165) is 42.1 Å². The van der Waals surface area contributed by atoms with Gasteiger partial charge in [0.15, 0.2) is 0 Å². The number of hydrogen-bond donors (Lipinski definition) is 1. The van der Waals surface area contributed by atoms with Gasteiger partial charge < -0.3 is 19.1 Å². The highest BCUT2D eigenvalue weighted by Crippen LogP contribution is 2.34. The third kappa shape index (κ3) is 3.55. The van der Waals surface area contributed by atoms with Crippen molar-refractivity contribution in [3.05, 3.63) is 48.3 Å². The van der Waals surface area contributed by atoms with Crippen molar-refractivity contribution in [2.75, 3.05) is 7.05 Å². The molecular weight excluding hydrogens is 366 g/mol. The molecule has 0 aliphatic heterocycles. The van der Waals surface area contributed by atoms with Crippen LogP contribution in [0.1, 0.15) is 43.9 Å². The lowest BCUT2D eigenvalue weighted by Gasteiger charge is -2.29. The Balaban J connectivity index is 1.42. The summed E-state index contributed by atoms with van der Waals surface area (Å²) in [7, 11) is 1.81. The van der Waals surface area contributed by atoms with E-state index in [1.165, 1.54) is 0 Å². The van der Waals surface area contributed by atoms with E-state index in [2.05, 4.69) is 22.5 Å². The molecule has 0 radical (unpaired) electrons. The number of fused-ring (bicyclic) bond motifs is 1. The Morgan fingerprint density at radius 1 is 1.31 bits per heavy atom. The van der Waals surface area contributed by atoms with Crippen molar-refractivity contribution in [3.8, 4) is 0 Å². The summed E-state index contributed by atoms with van der Waals surface area (Å²) >= 11 is 0. The van der Waals surface area contributed by atoms with Crippen molar-refractivity contribution >= 4 is 16.9 Å². The summed E-state index contributed by atoms with van der Waals surface area (Å²) in [6.07, 6.45) is 5.69. The quantitative estimate of drug-likeness (QED) is 0.696. The van der Waals surface area contributed by atoms with Crippen LogP contribution < -0.4 is 0 Å². The molecule has 0 spiro atoms. The number of carbonyl (C=O) groups excluding carboxylic acids is 1. The topological polar surface area (TPSA) is 76.2 Å². The molecule has 0 unspecified atom stereocenters. The molecule has 1 aromatic carbocycles. The number of para-hydroxylation sites is 2. The van der Waals surface area contributed by atoms with Crippen LogP contribution in [0.25, 0.3) is 11.0 Å². The van der Waals surface area contributed by atoms with Crippen molar-refractivity contribution in [1.82, 2.24) is 24.0 Å². The van der Waals surface area contributed by atoms with Gasteiger partial charge in [0.1, 0.15) is 11.6 Å². The second-order valence-corrected chi connectivity index (χ2v) is 7.85. The molecule has 0 bridgehead atoms. The number of likely N-dealkylation sites (N-methyl/N-ethyl adjacent to an activating group) is 1. The van der Waals surface area contributed by atoms with Crippen LogP contribution in [0, 0.1) is 6.92 Å². The molecule has 0 saturated heterocycles. The number of nitrogens with zero attached hydrogens (tertiary/aromatic N) is 5. The van der Waals surface area contributed by atoms with Crippen LogP contribution in [0.2, 0.25) is 0 Å². The van der Waals surface area contributed by atoms with E-state index < -0.39 is 6.10 Å². The number of aliphatic hydroxyl groups excluding tert-OH is 1. The number of aromatic nitrogens is 4. The molecule has 1 aliphatic carbocycles. The number of benzene rings is 1. The lowest BCUT2D eigenvalue weighted by atomic mass is 10.1. The van der Waals surface area contributed by atoms with Gasteiger partial charge in [0.05, 0.1) is 29.2 Å². The molecule has 3 aromatic rings. The molecular formula is C22H29N5O2. The Hall–Kier alpha value is -2.67. The summed E-state index contributed by atoms with van der Waals surface area (Å²) in [6, 6.07) is 7.88. The van der Waals surface area contributed by atoms with Gasteiger partial charge in [0, 0.05) is 38.8 Å². The van der Waals surface area contributed by atoms with Crippen LogP contribution in [0.4, 0.5) is 0 Å². The van der Waals surface area contributed by atoms with Gasteiger partial charge >= 0.3 is 0 Å². The average molecular weight is 396 g/mol. The van der Waals surface area contributed by atoms with E-state index >= 15 is 0 Å². The van der Waals surface area contributed by atoms with Gasteiger partial charge in [-0.15, -0.1) is 0 Å². The minimum Gasteiger partial charge on any atom is -0.389 e. The Morgan fingerprint density at radius 2 is 2.10 bits per heavy atom. The summed E-state index contributed by atoms with van der Waals surface area (Å²) in [5.74, 6) is 1.88. The first kappa shape index (κ1) is 19.6. The van der Waals surface area contributed by atoms with E-state index in [-0.39, 0.29) is 18.0 Å². The van der Waals surface area contributed by atoms with Crippen molar-refractivity contribution in [2.24, 2.45) is 0 Å². The van der Waals surface area contributed by atoms with Gasteiger partial charge in [-0.05, 0) is 38.8 Å². The smallest absolute Gasteiger partial charge is 0.223 e. The largest absolute Gasteiger partial charge is 0.389 e. The van der Waals surface area contributed by atoms with E-state index in [0.29, 0.717) is 12.8 Å². The fraction of sp³-hybridized carbons (Fsp3) is 0.500. The molecule has 2 aromatic heterocycles. The number of imidazole rings is 2. The standard InChI is InChI=1S/C22H29N5O2/c1-4-26-17-8-6-5-7-16(17)24-20(26)11-12-21(28)25(3)18-9-10-19(22(18)29)27-14-13-23-15(27)2/h5-8,13-14,18-19,22,29H,4,9-12H2,1-3H3/t18-,19-,22-/m1/s1. The van der Waals surface area contributed by atoms with Crippen LogP contribution >= 0.6 is 0 Å². The number of aliphatic hydroxyl groups is 1. The van der Waals surface area contributed by atoms with Gasteiger partial charge in [0.25, 0.3) is 0 Å². The summed E-state index contributed by atoms with van der Waals surface area (Å²) in [5.41, 5.74) is 2.07. The molecule has 2 heterocycles. The maximum Gasteiger partial charge on any atom is 0.223 e. The first-order valence-corrected chi connectivity index (χ1v) is 10.4. The summed E-state index contributed by atoms with van der Waals surface area (Å²) in [4.78, 5) is 23.6. The molecule has 7 nitrogen and oxygen atoms in total. The van der Waals surface area contributed by atoms with Crippen molar-refractivity contribution in [3.63, 3.8) is 0 Å². The first-order valence-electron chi connectivity index (χ1n) is 10.4. The van der Waals surface area contributed by atoms with Gasteiger partial charge in [-0.3, -0.25) is 4.79 Å². The molecule has 3 atom stereocenters. The predicted octanol–water partition coefficient (Wildman–Crippen LogP) is 2.72. The highest BCUT2D eigenvalue weighted by Gasteiger charge is 2.39. The lowest BCUT2D eigenvalue weighted by molar-refractivity contribution is -0.133. The molecule has 1 N–H and O–H groups in total. The van der Waals surface area contributed by atoms with Crippen molar-refractivity contribution in [2.45, 2.75) is 64.3 Å². The molecule has 1 fully saturated rings. The van der Waals surface area contributed by atoms with E-state index in [1.807, 2.05) is 42.9 Å².